The summed E-state index contributed by atoms with van der Waals surface area (Å²) in [4.78, 5) is 39.3. The third kappa shape index (κ3) is 3.82. The lowest BCUT2D eigenvalue weighted by Crippen LogP contribution is -2.25. The number of aryl methyl sites for hydroxylation is 1. The van der Waals surface area contributed by atoms with Crippen LogP contribution in [0.2, 0.25) is 0 Å². The summed E-state index contributed by atoms with van der Waals surface area (Å²) in [6.07, 6.45) is -0.969. The topological polar surface area (TPSA) is 114 Å². The number of H-pyrrole nitrogens is 1. The largest absolute Gasteiger partial charge is 0.451 e. The second kappa shape index (κ2) is 7.33. The number of benzene rings is 2. The molecule has 0 saturated heterocycles. The van der Waals surface area contributed by atoms with E-state index in [9.17, 15) is 14.4 Å². The SMILES string of the molecule is Cc1[nH]c2ccccc2c1C(=O)[C@@H](C)OC(=O)c1cccc(NC(N)=O)c1. The number of hydrogen-bond acceptors (Lipinski definition) is 4. The smallest absolute Gasteiger partial charge is 0.338 e. The van der Waals surface area contributed by atoms with Gasteiger partial charge in [-0.2, -0.15) is 0 Å². The van der Waals surface area contributed by atoms with E-state index in [1.165, 1.54) is 19.1 Å². The molecule has 7 heteroatoms. The molecule has 27 heavy (non-hydrogen) atoms. The fraction of sp³-hybridized carbons (Fsp3) is 0.150. The maximum absolute atomic E-state index is 12.8. The summed E-state index contributed by atoms with van der Waals surface area (Å²) in [5.41, 5.74) is 7.72. The molecule has 1 heterocycles. The van der Waals surface area contributed by atoms with Gasteiger partial charge in [-0.05, 0) is 38.1 Å². The first-order chi connectivity index (χ1) is 12.9. The van der Waals surface area contributed by atoms with E-state index in [-0.39, 0.29) is 11.3 Å². The number of anilines is 1. The van der Waals surface area contributed by atoms with Gasteiger partial charge < -0.3 is 20.8 Å². The molecule has 0 aliphatic carbocycles. The number of carbonyl (C=O) groups is 3. The van der Waals surface area contributed by atoms with Crippen LogP contribution in [-0.4, -0.2) is 28.9 Å². The van der Waals surface area contributed by atoms with Gasteiger partial charge in [-0.1, -0.05) is 24.3 Å². The van der Waals surface area contributed by atoms with Crippen LogP contribution in [0.25, 0.3) is 10.9 Å². The molecule has 0 aliphatic heterocycles. The van der Waals surface area contributed by atoms with Gasteiger partial charge in [0.2, 0.25) is 5.78 Å². The number of carbonyl (C=O) groups excluding carboxylic acids is 3. The summed E-state index contributed by atoms with van der Waals surface area (Å²) < 4.78 is 5.34. The number of urea groups is 1. The van der Waals surface area contributed by atoms with Crippen molar-refractivity contribution in [2.75, 3.05) is 5.32 Å². The van der Waals surface area contributed by atoms with Crippen molar-refractivity contribution >= 4 is 34.4 Å². The Morgan fingerprint density at radius 1 is 1.11 bits per heavy atom. The standard InChI is InChI=1S/C20H19N3O4/c1-11-17(15-8-3-4-9-16(15)22-11)18(24)12(2)27-19(25)13-6-5-7-14(10-13)23-20(21)26/h3-10,12,22H,1-2H3,(H3,21,23,26)/t12-/m1/s1. The van der Waals surface area contributed by atoms with Gasteiger partial charge in [-0.15, -0.1) is 0 Å². The van der Waals surface area contributed by atoms with Crippen LogP contribution in [-0.2, 0) is 4.74 Å². The lowest BCUT2D eigenvalue weighted by Gasteiger charge is -2.13. The Labute approximate surface area is 155 Å². The number of fused-ring (bicyclic) bond motifs is 1. The maximum Gasteiger partial charge on any atom is 0.338 e. The van der Waals surface area contributed by atoms with Gasteiger partial charge in [0.15, 0.2) is 6.10 Å². The molecule has 2 amide bonds. The Hall–Kier alpha value is -3.61. The zero-order chi connectivity index (χ0) is 19.6. The number of hydrogen-bond donors (Lipinski definition) is 3. The summed E-state index contributed by atoms with van der Waals surface area (Å²) in [6.45, 7) is 3.34. The number of aromatic nitrogens is 1. The van der Waals surface area contributed by atoms with Crippen LogP contribution in [0.4, 0.5) is 10.5 Å². The molecule has 3 rings (SSSR count). The highest BCUT2D eigenvalue weighted by Crippen LogP contribution is 2.24. The Morgan fingerprint density at radius 3 is 2.59 bits per heavy atom. The molecule has 0 radical (unpaired) electrons. The molecular formula is C20H19N3O4. The highest BCUT2D eigenvalue weighted by Gasteiger charge is 2.25. The lowest BCUT2D eigenvalue weighted by molar-refractivity contribution is 0.0319. The van der Waals surface area contributed by atoms with E-state index < -0.39 is 18.1 Å². The van der Waals surface area contributed by atoms with E-state index in [1.54, 1.807) is 19.1 Å². The summed E-state index contributed by atoms with van der Waals surface area (Å²) in [6, 6.07) is 12.8. The number of rotatable bonds is 5. The first-order valence-electron chi connectivity index (χ1n) is 8.36. The van der Waals surface area contributed by atoms with Crippen LogP contribution in [0.15, 0.2) is 48.5 Å². The van der Waals surface area contributed by atoms with Crippen molar-refractivity contribution in [3.05, 3.63) is 65.4 Å². The molecular weight excluding hydrogens is 346 g/mol. The number of esters is 1. The third-order valence-electron chi connectivity index (χ3n) is 4.16. The van der Waals surface area contributed by atoms with Crippen molar-refractivity contribution in [3.63, 3.8) is 0 Å². The molecule has 0 saturated carbocycles. The van der Waals surface area contributed by atoms with Crippen molar-refractivity contribution in [2.45, 2.75) is 20.0 Å². The van der Waals surface area contributed by atoms with Gasteiger partial charge >= 0.3 is 12.0 Å². The van der Waals surface area contributed by atoms with Gasteiger partial charge in [0.1, 0.15) is 0 Å². The predicted octanol–water partition coefficient (Wildman–Crippen LogP) is 3.40. The van der Waals surface area contributed by atoms with Crippen LogP contribution < -0.4 is 11.1 Å². The highest BCUT2D eigenvalue weighted by atomic mass is 16.5. The minimum Gasteiger partial charge on any atom is -0.451 e. The molecule has 2 aromatic carbocycles. The van der Waals surface area contributed by atoms with E-state index in [0.717, 1.165) is 16.6 Å². The molecule has 1 atom stereocenters. The van der Waals surface area contributed by atoms with Gasteiger partial charge in [0, 0.05) is 27.8 Å². The number of ether oxygens (including phenoxy) is 1. The van der Waals surface area contributed by atoms with E-state index in [0.29, 0.717) is 11.3 Å². The van der Waals surface area contributed by atoms with Crippen molar-refractivity contribution in [2.24, 2.45) is 5.73 Å². The molecule has 0 fully saturated rings. The Bertz CT molecular complexity index is 1040. The molecule has 0 unspecified atom stereocenters. The minimum absolute atomic E-state index is 0.205. The van der Waals surface area contributed by atoms with Crippen molar-refractivity contribution < 1.29 is 19.1 Å². The normalized spacial score (nSPS) is 11.8. The lowest BCUT2D eigenvalue weighted by atomic mass is 10.0. The number of nitrogens with two attached hydrogens (primary N) is 1. The third-order valence-corrected chi connectivity index (χ3v) is 4.16. The summed E-state index contributed by atoms with van der Waals surface area (Å²) in [5.74, 6) is -0.953. The van der Waals surface area contributed by atoms with Crippen LogP contribution in [0.1, 0.15) is 33.3 Å². The number of amides is 2. The molecule has 0 spiro atoms. The molecule has 3 aromatic rings. The fourth-order valence-corrected chi connectivity index (χ4v) is 2.95. The Balaban J connectivity index is 1.79. The Kier molecular flexibility index (Phi) is 4.94. The van der Waals surface area contributed by atoms with Crippen molar-refractivity contribution in [3.8, 4) is 0 Å². The summed E-state index contributed by atoms with van der Waals surface area (Å²) in [5, 5.41) is 3.17. The van der Waals surface area contributed by atoms with Gasteiger partial charge in [-0.25, -0.2) is 9.59 Å². The van der Waals surface area contributed by atoms with Gasteiger partial charge in [-0.3, -0.25) is 4.79 Å². The molecule has 138 valence electrons. The summed E-state index contributed by atoms with van der Waals surface area (Å²) in [7, 11) is 0. The zero-order valence-corrected chi connectivity index (χ0v) is 14.9. The molecule has 0 bridgehead atoms. The number of ketones is 1. The van der Waals surface area contributed by atoms with Crippen LogP contribution in [0.3, 0.4) is 0 Å². The molecule has 1 aromatic heterocycles. The first-order valence-corrected chi connectivity index (χ1v) is 8.36. The minimum atomic E-state index is -0.969. The monoisotopic (exact) mass is 365 g/mol. The molecule has 7 nitrogen and oxygen atoms in total. The predicted molar refractivity (Wildman–Crippen MR) is 102 cm³/mol. The highest BCUT2D eigenvalue weighted by molar-refractivity contribution is 6.11. The molecule has 4 N–H and O–H groups in total. The average Bonchev–Trinajstić information content (AvgIpc) is 2.96. The average molecular weight is 365 g/mol. The van der Waals surface area contributed by atoms with Crippen molar-refractivity contribution in [1.29, 1.82) is 0 Å². The van der Waals surface area contributed by atoms with Gasteiger partial charge in [0.05, 0.1) is 5.56 Å². The van der Waals surface area contributed by atoms with Crippen LogP contribution in [0.5, 0.6) is 0 Å². The maximum atomic E-state index is 12.8. The van der Waals surface area contributed by atoms with E-state index in [1.807, 2.05) is 24.3 Å². The number of primary amides is 1. The van der Waals surface area contributed by atoms with E-state index in [2.05, 4.69) is 10.3 Å². The zero-order valence-electron chi connectivity index (χ0n) is 14.9. The number of Topliss-reactive ketones (excluding diaryl/α,β-unsaturated/α-hetero) is 1. The number of para-hydroxylation sites is 1. The van der Waals surface area contributed by atoms with E-state index in [4.69, 9.17) is 10.5 Å². The molecule has 0 aliphatic rings. The number of nitrogens with one attached hydrogen (secondary N) is 2. The second-order valence-electron chi connectivity index (χ2n) is 6.15. The number of aromatic amines is 1. The van der Waals surface area contributed by atoms with Crippen molar-refractivity contribution in [1.82, 2.24) is 4.98 Å². The van der Waals surface area contributed by atoms with Gasteiger partial charge in [0.25, 0.3) is 0 Å². The fourth-order valence-electron chi connectivity index (χ4n) is 2.95. The van der Waals surface area contributed by atoms with E-state index >= 15 is 0 Å². The second-order valence-corrected chi connectivity index (χ2v) is 6.15. The first kappa shape index (κ1) is 18.2. The Morgan fingerprint density at radius 2 is 1.85 bits per heavy atom. The summed E-state index contributed by atoms with van der Waals surface area (Å²) >= 11 is 0. The van der Waals surface area contributed by atoms with Crippen LogP contribution >= 0.6 is 0 Å². The quantitative estimate of drug-likeness (QED) is 0.475. The van der Waals surface area contributed by atoms with Crippen LogP contribution in [0, 0.1) is 6.92 Å².